The zero-order chi connectivity index (χ0) is 19.6. The molecule has 0 aromatic heterocycles. The van der Waals surface area contributed by atoms with Crippen molar-refractivity contribution in [1.82, 2.24) is 5.32 Å². The van der Waals surface area contributed by atoms with E-state index in [0.29, 0.717) is 23.4 Å². The summed E-state index contributed by atoms with van der Waals surface area (Å²) in [6.07, 6.45) is 0. The van der Waals surface area contributed by atoms with Crippen molar-refractivity contribution in [2.24, 2.45) is 0 Å². The summed E-state index contributed by atoms with van der Waals surface area (Å²) in [4.78, 5) is 24.9. The smallest absolute Gasteiger partial charge is 0.255 e. The molecule has 2 N–H and O–H groups in total. The Labute approximate surface area is 169 Å². The van der Waals surface area contributed by atoms with E-state index in [1.54, 1.807) is 60.3 Å². The Kier molecular flexibility index (Phi) is 7.27. The molecule has 3 rings (SSSR count). The van der Waals surface area contributed by atoms with Crippen molar-refractivity contribution in [3.05, 3.63) is 102 Å². The monoisotopic (exact) mass is 390 g/mol. The fraction of sp³-hybridized carbons (Fsp3) is 0.130. The molecule has 3 aromatic carbocycles. The molecule has 2 amide bonds. The molecule has 142 valence electrons. The number of carbonyl (C=O) groups is 2. The summed E-state index contributed by atoms with van der Waals surface area (Å²) >= 11 is 1.77. The van der Waals surface area contributed by atoms with Gasteiger partial charge in [-0.05, 0) is 29.8 Å². The number of thioether (sulfide) groups is 1. The van der Waals surface area contributed by atoms with Gasteiger partial charge >= 0.3 is 0 Å². The summed E-state index contributed by atoms with van der Waals surface area (Å²) in [7, 11) is 0. The SMILES string of the molecule is O=C(Nc1ccccc1C(=O)NCCSCc1ccccc1)c1ccccc1. The molecule has 0 spiro atoms. The van der Waals surface area contributed by atoms with E-state index in [2.05, 4.69) is 22.8 Å². The molecule has 28 heavy (non-hydrogen) atoms. The van der Waals surface area contributed by atoms with Gasteiger partial charge in [-0.3, -0.25) is 9.59 Å². The number of rotatable bonds is 8. The van der Waals surface area contributed by atoms with Crippen molar-refractivity contribution in [1.29, 1.82) is 0 Å². The summed E-state index contributed by atoms with van der Waals surface area (Å²) < 4.78 is 0. The topological polar surface area (TPSA) is 58.2 Å². The van der Waals surface area contributed by atoms with Gasteiger partial charge in [-0.25, -0.2) is 0 Å². The van der Waals surface area contributed by atoms with Gasteiger partial charge in [0.2, 0.25) is 0 Å². The molecule has 0 heterocycles. The number of benzene rings is 3. The van der Waals surface area contributed by atoms with E-state index in [4.69, 9.17) is 0 Å². The van der Waals surface area contributed by atoms with Gasteiger partial charge in [0.15, 0.2) is 0 Å². The summed E-state index contributed by atoms with van der Waals surface area (Å²) in [6, 6.07) is 26.2. The molecule has 4 nitrogen and oxygen atoms in total. The highest BCUT2D eigenvalue weighted by Crippen LogP contribution is 2.16. The van der Waals surface area contributed by atoms with Crippen LogP contribution in [0.3, 0.4) is 0 Å². The Morgan fingerprint density at radius 1 is 0.750 bits per heavy atom. The lowest BCUT2D eigenvalue weighted by atomic mass is 10.1. The van der Waals surface area contributed by atoms with Gasteiger partial charge in [0.25, 0.3) is 11.8 Å². The first-order chi connectivity index (χ1) is 13.7. The summed E-state index contributed by atoms with van der Waals surface area (Å²) in [5, 5.41) is 5.75. The number of para-hydroxylation sites is 1. The van der Waals surface area contributed by atoms with Gasteiger partial charge in [0.05, 0.1) is 11.3 Å². The van der Waals surface area contributed by atoms with Gasteiger partial charge in [0.1, 0.15) is 0 Å². The van der Waals surface area contributed by atoms with Crippen molar-refractivity contribution < 1.29 is 9.59 Å². The largest absolute Gasteiger partial charge is 0.351 e. The summed E-state index contributed by atoms with van der Waals surface area (Å²) in [5.41, 5.74) is 2.79. The lowest BCUT2D eigenvalue weighted by Gasteiger charge is -2.11. The van der Waals surface area contributed by atoms with Crippen molar-refractivity contribution in [3.63, 3.8) is 0 Å². The quantitative estimate of drug-likeness (QED) is 0.553. The second-order valence-electron chi connectivity index (χ2n) is 6.16. The molecule has 0 bridgehead atoms. The van der Waals surface area contributed by atoms with Crippen LogP contribution in [-0.4, -0.2) is 24.1 Å². The number of anilines is 1. The number of hydrogen-bond donors (Lipinski definition) is 2. The van der Waals surface area contributed by atoms with Crippen LogP contribution in [0.4, 0.5) is 5.69 Å². The van der Waals surface area contributed by atoms with Gasteiger partial charge in [-0.15, -0.1) is 0 Å². The van der Waals surface area contributed by atoms with Crippen LogP contribution in [0.5, 0.6) is 0 Å². The molecule has 0 atom stereocenters. The van der Waals surface area contributed by atoms with E-state index < -0.39 is 0 Å². The predicted octanol–water partition coefficient (Wildman–Crippen LogP) is 4.60. The lowest BCUT2D eigenvalue weighted by Crippen LogP contribution is -2.27. The average molecular weight is 391 g/mol. The third-order valence-electron chi connectivity index (χ3n) is 4.10. The Balaban J connectivity index is 1.52. The second kappa shape index (κ2) is 10.3. The highest BCUT2D eigenvalue weighted by atomic mass is 32.2. The maximum atomic E-state index is 12.5. The van der Waals surface area contributed by atoms with Crippen molar-refractivity contribution in [3.8, 4) is 0 Å². The molecule has 5 heteroatoms. The van der Waals surface area contributed by atoms with E-state index in [0.717, 1.165) is 11.5 Å². The van der Waals surface area contributed by atoms with Crippen LogP contribution in [0, 0.1) is 0 Å². The standard InChI is InChI=1S/C23H22N2O2S/c26-22(19-11-5-2-6-12-19)25-21-14-8-7-13-20(21)23(27)24-15-16-28-17-18-9-3-1-4-10-18/h1-14H,15-17H2,(H,24,27)(H,25,26). The van der Waals surface area contributed by atoms with Crippen LogP contribution >= 0.6 is 11.8 Å². The molecule has 0 unspecified atom stereocenters. The minimum Gasteiger partial charge on any atom is -0.351 e. The predicted molar refractivity (Wildman–Crippen MR) is 116 cm³/mol. The van der Waals surface area contributed by atoms with E-state index in [-0.39, 0.29) is 11.8 Å². The Morgan fingerprint density at radius 2 is 1.39 bits per heavy atom. The molecule has 0 saturated heterocycles. The average Bonchev–Trinajstić information content (AvgIpc) is 2.75. The first-order valence-corrected chi connectivity index (χ1v) is 10.2. The Morgan fingerprint density at radius 3 is 2.14 bits per heavy atom. The van der Waals surface area contributed by atoms with E-state index in [1.807, 2.05) is 24.3 Å². The van der Waals surface area contributed by atoms with Crippen molar-refractivity contribution >= 4 is 29.3 Å². The third-order valence-corrected chi connectivity index (χ3v) is 5.13. The van der Waals surface area contributed by atoms with Gasteiger partial charge in [-0.2, -0.15) is 11.8 Å². The van der Waals surface area contributed by atoms with Crippen molar-refractivity contribution in [2.45, 2.75) is 5.75 Å². The zero-order valence-electron chi connectivity index (χ0n) is 15.4. The summed E-state index contributed by atoms with van der Waals surface area (Å²) in [6.45, 7) is 0.567. The van der Waals surface area contributed by atoms with Gasteiger partial charge in [0, 0.05) is 23.6 Å². The van der Waals surface area contributed by atoms with Crippen LogP contribution in [0.25, 0.3) is 0 Å². The molecule has 0 fully saturated rings. The Hall–Kier alpha value is -3.05. The zero-order valence-corrected chi connectivity index (χ0v) is 16.2. The number of carbonyl (C=O) groups excluding carboxylic acids is 2. The van der Waals surface area contributed by atoms with Crippen LogP contribution < -0.4 is 10.6 Å². The molecular formula is C23H22N2O2S. The normalized spacial score (nSPS) is 10.3. The van der Waals surface area contributed by atoms with Gasteiger partial charge in [-0.1, -0.05) is 60.7 Å². The molecule has 0 saturated carbocycles. The summed E-state index contributed by atoms with van der Waals surface area (Å²) in [5.74, 6) is 1.31. The molecule has 0 aliphatic carbocycles. The molecule has 0 radical (unpaired) electrons. The molecule has 0 aliphatic heterocycles. The van der Waals surface area contributed by atoms with Crippen LogP contribution in [0.1, 0.15) is 26.3 Å². The highest BCUT2D eigenvalue weighted by molar-refractivity contribution is 7.98. The van der Waals surface area contributed by atoms with E-state index in [9.17, 15) is 9.59 Å². The highest BCUT2D eigenvalue weighted by Gasteiger charge is 2.13. The third kappa shape index (κ3) is 5.72. The maximum Gasteiger partial charge on any atom is 0.255 e. The van der Waals surface area contributed by atoms with Crippen LogP contribution in [-0.2, 0) is 5.75 Å². The van der Waals surface area contributed by atoms with Crippen LogP contribution in [0.2, 0.25) is 0 Å². The first kappa shape index (κ1) is 19.7. The minimum atomic E-state index is -0.237. The minimum absolute atomic E-state index is 0.190. The van der Waals surface area contributed by atoms with E-state index in [1.165, 1.54) is 5.56 Å². The fourth-order valence-corrected chi connectivity index (χ4v) is 3.49. The lowest BCUT2D eigenvalue weighted by molar-refractivity contribution is 0.0957. The fourth-order valence-electron chi connectivity index (χ4n) is 2.67. The number of amides is 2. The van der Waals surface area contributed by atoms with Crippen molar-refractivity contribution in [2.75, 3.05) is 17.6 Å². The van der Waals surface area contributed by atoms with Gasteiger partial charge < -0.3 is 10.6 Å². The number of nitrogens with one attached hydrogen (secondary N) is 2. The number of hydrogen-bond acceptors (Lipinski definition) is 3. The molecule has 3 aromatic rings. The molecular weight excluding hydrogens is 368 g/mol. The Bertz CT molecular complexity index is 914. The van der Waals surface area contributed by atoms with Crippen LogP contribution in [0.15, 0.2) is 84.9 Å². The second-order valence-corrected chi connectivity index (χ2v) is 7.26. The first-order valence-electron chi connectivity index (χ1n) is 9.09. The molecule has 0 aliphatic rings. The van der Waals surface area contributed by atoms with E-state index >= 15 is 0 Å². The maximum absolute atomic E-state index is 12.5.